The number of pyridine rings is 1. The summed E-state index contributed by atoms with van der Waals surface area (Å²) in [5, 5.41) is 27.3. The first-order chi connectivity index (χ1) is 15.9. The third-order valence-corrected chi connectivity index (χ3v) is 5.17. The van der Waals surface area contributed by atoms with E-state index in [0.717, 1.165) is 16.7 Å². The number of aromatic nitrogens is 3. The molecule has 2 heterocycles. The van der Waals surface area contributed by atoms with Gasteiger partial charge in [0, 0.05) is 49.2 Å². The predicted molar refractivity (Wildman–Crippen MR) is 122 cm³/mol. The summed E-state index contributed by atoms with van der Waals surface area (Å²) in [6, 6.07) is 16.1. The summed E-state index contributed by atoms with van der Waals surface area (Å²) in [6.45, 7) is 0.00674. The number of aromatic hydroxyl groups is 1. The van der Waals surface area contributed by atoms with E-state index < -0.39 is 12.0 Å². The van der Waals surface area contributed by atoms with Gasteiger partial charge in [0.2, 0.25) is 0 Å². The lowest BCUT2D eigenvalue weighted by molar-refractivity contribution is 0.0912. The van der Waals surface area contributed by atoms with Crippen LogP contribution in [0.1, 0.15) is 16.1 Å². The molecule has 2 aromatic carbocycles. The molecule has 8 heteroatoms. The number of para-hydroxylation sites is 1. The first-order valence-electron chi connectivity index (χ1n) is 10.4. The number of phenols is 1. The van der Waals surface area contributed by atoms with E-state index in [9.17, 15) is 19.4 Å². The number of halogens is 1. The molecule has 7 nitrogen and oxygen atoms in total. The minimum Gasteiger partial charge on any atom is -0.507 e. The first kappa shape index (κ1) is 22.2. The van der Waals surface area contributed by atoms with Crippen LogP contribution in [0, 0.1) is 5.82 Å². The molecule has 0 saturated heterocycles. The van der Waals surface area contributed by atoms with Crippen molar-refractivity contribution in [2.75, 3.05) is 6.54 Å². The highest BCUT2D eigenvalue weighted by molar-refractivity contribution is 5.96. The summed E-state index contributed by atoms with van der Waals surface area (Å²) in [5.41, 5.74) is 4.01. The van der Waals surface area contributed by atoms with Gasteiger partial charge in [-0.05, 0) is 54.1 Å². The summed E-state index contributed by atoms with van der Waals surface area (Å²) in [4.78, 5) is 16.6. The van der Waals surface area contributed by atoms with Gasteiger partial charge in [0.15, 0.2) is 0 Å². The van der Waals surface area contributed by atoms with Crippen LogP contribution in [0.5, 0.6) is 5.75 Å². The number of aliphatic hydroxyl groups is 1. The highest BCUT2D eigenvalue weighted by atomic mass is 19.1. The van der Waals surface area contributed by atoms with Crippen LogP contribution < -0.4 is 5.32 Å². The Labute approximate surface area is 190 Å². The molecular formula is C25H23FN4O3. The summed E-state index contributed by atoms with van der Waals surface area (Å²) >= 11 is 0. The van der Waals surface area contributed by atoms with Crippen molar-refractivity contribution in [3.63, 3.8) is 0 Å². The molecule has 33 heavy (non-hydrogen) atoms. The van der Waals surface area contributed by atoms with E-state index in [-0.39, 0.29) is 30.1 Å². The number of phenolic OH excluding ortho intramolecular Hbond substituents is 1. The van der Waals surface area contributed by atoms with Crippen molar-refractivity contribution in [3.8, 4) is 28.1 Å². The smallest absolute Gasteiger partial charge is 0.255 e. The molecule has 1 amide bonds. The number of nitrogens with zero attached hydrogens (tertiary/aromatic N) is 3. The van der Waals surface area contributed by atoms with E-state index >= 15 is 0 Å². The van der Waals surface area contributed by atoms with E-state index in [4.69, 9.17) is 0 Å². The van der Waals surface area contributed by atoms with Gasteiger partial charge in [-0.15, -0.1) is 0 Å². The van der Waals surface area contributed by atoms with Crippen LogP contribution in [0.15, 0.2) is 73.1 Å². The summed E-state index contributed by atoms with van der Waals surface area (Å²) in [5.74, 6) is -0.897. The second kappa shape index (κ2) is 9.62. The molecule has 3 N–H and O–H groups in total. The predicted octanol–water partition coefficient (Wildman–Crippen LogP) is 3.33. The van der Waals surface area contributed by atoms with E-state index in [1.165, 1.54) is 24.3 Å². The Morgan fingerprint density at radius 1 is 1.12 bits per heavy atom. The number of rotatable bonds is 7. The third-order valence-electron chi connectivity index (χ3n) is 5.17. The lowest BCUT2D eigenvalue weighted by Gasteiger charge is -2.13. The molecule has 0 aliphatic heterocycles. The zero-order valence-corrected chi connectivity index (χ0v) is 17.9. The molecule has 168 valence electrons. The Bertz CT molecular complexity index is 1270. The first-order valence-corrected chi connectivity index (χ1v) is 10.4. The van der Waals surface area contributed by atoms with Crippen molar-refractivity contribution < 1.29 is 19.4 Å². The fourth-order valence-electron chi connectivity index (χ4n) is 3.56. The Kier molecular flexibility index (Phi) is 6.46. The molecule has 1 unspecified atom stereocenters. The fourth-order valence-corrected chi connectivity index (χ4v) is 3.56. The fraction of sp³-hybridized carbons (Fsp3) is 0.160. The molecule has 0 radical (unpaired) electrons. The minimum atomic E-state index is -0.868. The molecule has 0 aliphatic carbocycles. The van der Waals surface area contributed by atoms with E-state index in [0.29, 0.717) is 11.4 Å². The van der Waals surface area contributed by atoms with Crippen LogP contribution in [0.2, 0.25) is 0 Å². The highest BCUT2D eigenvalue weighted by Crippen LogP contribution is 2.31. The number of carbonyl (C=O) groups excluding carboxylic acids is 1. The highest BCUT2D eigenvalue weighted by Gasteiger charge is 2.16. The second-order valence-electron chi connectivity index (χ2n) is 7.69. The number of benzene rings is 2. The van der Waals surface area contributed by atoms with Gasteiger partial charge in [0.1, 0.15) is 17.3 Å². The molecule has 0 saturated carbocycles. The molecule has 4 rings (SSSR count). The van der Waals surface area contributed by atoms with Crippen LogP contribution in [0.3, 0.4) is 0 Å². The van der Waals surface area contributed by atoms with Gasteiger partial charge < -0.3 is 15.5 Å². The lowest BCUT2D eigenvalue weighted by atomic mass is 10.0. The maximum Gasteiger partial charge on any atom is 0.255 e. The van der Waals surface area contributed by atoms with Crippen molar-refractivity contribution in [1.29, 1.82) is 0 Å². The average Bonchev–Trinajstić information content (AvgIpc) is 3.20. The SMILES string of the molecule is Cn1cc(-c2ccnc(CC(O)CNC(=O)c3ccccc3O)c2)c(-c2ccc(F)cc2)n1. The largest absolute Gasteiger partial charge is 0.507 e. The third kappa shape index (κ3) is 5.24. The van der Waals surface area contributed by atoms with E-state index in [1.54, 1.807) is 35.1 Å². The molecule has 4 aromatic rings. The number of amides is 1. The van der Waals surface area contributed by atoms with Crippen molar-refractivity contribution in [1.82, 2.24) is 20.1 Å². The number of nitrogens with one attached hydrogen (secondary N) is 1. The molecule has 0 spiro atoms. The van der Waals surface area contributed by atoms with Crippen molar-refractivity contribution >= 4 is 5.91 Å². The van der Waals surface area contributed by atoms with Crippen molar-refractivity contribution in [3.05, 3.63) is 90.1 Å². The molecule has 2 aromatic heterocycles. The molecule has 1 atom stereocenters. The standard InChI is InChI=1S/C25H23FN4O3/c1-30-15-22(24(29-30)16-6-8-18(26)9-7-16)17-10-11-27-19(12-17)13-20(31)14-28-25(33)21-4-2-3-5-23(21)32/h2-12,15,20,31-32H,13-14H2,1H3,(H,28,33). The maximum atomic E-state index is 13.3. The van der Waals surface area contributed by atoms with E-state index in [1.807, 2.05) is 25.4 Å². The maximum absolute atomic E-state index is 13.3. The van der Waals surface area contributed by atoms with Gasteiger partial charge in [-0.2, -0.15) is 5.10 Å². The number of aryl methyl sites for hydroxylation is 1. The second-order valence-corrected chi connectivity index (χ2v) is 7.69. The Morgan fingerprint density at radius 2 is 1.88 bits per heavy atom. The monoisotopic (exact) mass is 446 g/mol. The van der Waals surface area contributed by atoms with Gasteiger partial charge >= 0.3 is 0 Å². The van der Waals surface area contributed by atoms with Crippen LogP contribution in [0.25, 0.3) is 22.4 Å². The van der Waals surface area contributed by atoms with Crippen molar-refractivity contribution in [2.24, 2.45) is 7.05 Å². The molecule has 0 aliphatic rings. The lowest BCUT2D eigenvalue weighted by Crippen LogP contribution is -2.33. The Hall–Kier alpha value is -4.04. The number of carbonyl (C=O) groups is 1. The zero-order chi connectivity index (χ0) is 23.4. The summed E-state index contributed by atoms with van der Waals surface area (Å²) < 4.78 is 15.0. The summed E-state index contributed by atoms with van der Waals surface area (Å²) in [6.07, 6.45) is 2.88. The number of hydrogen-bond donors (Lipinski definition) is 3. The van der Waals surface area contributed by atoms with Crippen molar-refractivity contribution in [2.45, 2.75) is 12.5 Å². The summed E-state index contributed by atoms with van der Waals surface area (Å²) in [7, 11) is 1.82. The molecule has 0 bridgehead atoms. The van der Waals surface area contributed by atoms with Gasteiger partial charge in [-0.3, -0.25) is 14.5 Å². The Morgan fingerprint density at radius 3 is 2.64 bits per heavy atom. The molecule has 0 fully saturated rings. The average molecular weight is 446 g/mol. The topological polar surface area (TPSA) is 100 Å². The normalized spacial score (nSPS) is 11.8. The van der Waals surface area contributed by atoms with Gasteiger partial charge in [-0.1, -0.05) is 12.1 Å². The van der Waals surface area contributed by atoms with Gasteiger partial charge in [0.05, 0.1) is 11.7 Å². The van der Waals surface area contributed by atoms with Crippen LogP contribution in [-0.2, 0) is 13.5 Å². The number of hydrogen-bond acceptors (Lipinski definition) is 5. The molecular weight excluding hydrogens is 423 g/mol. The van der Waals surface area contributed by atoms with E-state index in [2.05, 4.69) is 15.4 Å². The minimum absolute atomic E-state index is 0.00674. The van der Waals surface area contributed by atoms with Crippen LogP contribution in [-0.4, -0.2) is 43.5 Å². The van der Waals surface area contributed by atoms with Gasteiger partial charge in [-0.25, -0.2) is 4.39 Å². The zero-order valence-electron chi connectivity index (χ0n) is 17.9. The Balaban J connectivity index is 1.47. The van der Waals surface area contributed by atoms with Crippen LogP contribution >= 0.6 is 0 Å². The van der Waals surface area contributed by atoms with Gasteiger partial charge in [0.25, 0.3) is 5.91 Å². The number of aliphatic hydroxyl groups excluding tert-OH is 1. The van der Waals surface area contributed by atoms with Crippen LogP contribution in [0.4, 0.5) is 4.39 Å². The quantitative estimate of drug-likeness (QED) is 0.404.